The minimum atomic E-state index is -1.39. The van der Waals surface area contributed by atoms with Crippen molar-refractivity contribution in [1.29, 1.82) is 0 Å². The summed E-state index contributed by atoms with van der Waals surface area (Å²) in [7, 11) is 0. The van der Waals surface area contributed by atoms with Gasteiger partial charge >= 0.3 is 29.6 Å². The van der Waals surface area contributed by atoms with Gasteiger partial charge in [-0.25, -0.2) is 4.84 Å². The van der Waals surface area contributed by atoms with Crippen LogP contribution in [0.4, 0.5) is 5.69 Å². The Labute approximate surface area is 142 Å². The molecule has 1 aromatic rings. The van der Waals surface area contributed by atoms with Crippen LogP contribution in [-0.2, 0) is 9.57 Å². The minimum Gasteiger partial charge on any atom is -0.545 e. The first-order chi connectivity index (χ1) is 9.54. The largest absolute Gasteiger partial charge is 1.00 e. The molecule has 1 saturated heterocycles. The van der Waals surface area contributed by atoms with E-state index in [1.807, 2.05) is 0 Å². The van der Waals surface area contributed by atoms with Crippen LogP contribution in [0.3, 0.4) is 0 Å². The van der Waals surface area contributed by atoms with Crippen molar-refractivity contribution in [1.82, 2.24) is 0 Å². The average Bonchev–Trinajstić information content (AvgIpc) is 2.72. The Morgan fingerprint density at radius 2 is 2.00 bits per heavy atom. The fraction of sp³-hybridized carbons (Fsp3) is 0.417. The number of aliphatic hydroxyl groups is 3. The quantitative estimate of drug-likeness (QED) is 0.314. The van der Waals surface area contributed by atoms with Crippen LogP contribution >= 0.6 is 0 Å². The van der Waals surface area contributed by atoms with Crippen LogP contribution in [0.1, 0.15) is 10.4 Å². The fourth-order valence-electron chi connectivity index (χ4n) is 1.83. The van der Waals surface area contributed by atoms with Gasteiger partial charge in [-0.2, -0.15) is 0 Å². The number of hydrogen-bond acceptors (Lipinski definition) is 8. The van der Waals surface area contributed by atoms with Gasteiger partial charge in [-0.15, -0.1) is 0 Å². The zero-order chi connectivity index (χ0) is 14.7. The van der Waals surface area contributed by atoms with Crippen molar-refractivity contribution in [3.05, 3.63) is 29.8 Å². The number of carboxylic acids is 1. The first-order valence-electron chi connectivity index (χ1n) is 5.89. The SMILES string of the molecule is O=C([O-])c1ccccc1NOC1O[C@H](CO)[C@H](O)[C@H]1O.[Na+]. The molecule has 1 heterocycles. The molecule has 0 radical (unpaired) electrons. The van der Waals surface area contributed by atoms with Gasteiger partial charge in [0.05, 0.1) is 18.3 Å². The molecule has 4 N–H and O–H groups in total. The molecule has 1 aromatic carbocycles. The zero-order valence-electron chi connectivity index (χ0n) is 11.3. The van der Waals surface area contributed by atoms with Crippen molar-refractivity contribution in [3.8, 4) is 0 Å². The van der Waals surface area contributed by atoms with E-state index in [9.17, 15) is 20.1 Å². The van der Waals surface area contributed by atoms with E-state index in [2.05, 4.69) is 5.48 Å². The molecule has 0 spiro atoms. The first kappa shape index (κ1) is 18.3. The Balaban J connectivity index is 0.00000220. The second kappa shape index (κ2) is 8.06. The van der Waals surface area contributed by atoms with Crippen LogP contribution < -0.4 is 40.1 Å². The maximum Gasteiger partial charge on any atom is 1.00 e. The van der Waals surface area contributed by atoms with Crippen LogP contribution in [0.25, 0.3) is 0 Å². The molecule has 8 nitrogen and oxygen atoms in total. The summed E-state index contributed by atoms with van der Waals surface area (Å²) in [4.78, 5) is 15.9. The summed E-state index contributed by atoms with van der Waals surface area (Å²) in [6.45, 7) is -0.478. The van der Waals surface area contributed by atoms with E-state index in [-0.39, 0.29) is 40.8 Å². The third-order valence-corrected chi connectivity index (χ3v) is 2.93. The standard InChI is InChI=1S/C12H15NO7.Na/c14-5-8-9(15)10(16)12(19-8)20-13-7-4-2-1-3-6(7)11(17)18;/h1-4,8-10,12-16H,5H2,(H,17,18);/q;+1/p-1/t8-,9+,10-,12?;/m1./s1. The normalized spacial score (nSPS) is 28.0. The molecule has 0 aliphatic carbocycles. The number of ether oxygens (including phenoxy) is 1. The number of carbonyl (C=O) groups excluding carboxylic acids is 1. The number of hydrogen-bond donors (Lipinski definition) is 4. The molecule has 1 aliphatic rings. The van der Waals surface area contributed by atoms with Crippen molar-refractivity contribution < 1.29 is 64.4 Å². The fourth-order valence-corrected chi connectivity index (χ4v) is 1.83. The number of aromatic carboxylic acids is 1. The van der Waals surface area contributed by atoms with Gasteiger partial charge < -0.3 is 30.0 Å². The summed E-state index contributed by atoms with van der Waals surface area (Å²) in [5, 5.41) is 38.9. The molecule has 1 fully saturated rings. The van der Waals surface area contributed by atoms with E-state index in [1.165, 1.54) is 18.2 Å². The molecule has 4 atom stereocenters. The number of aliphatic hydroxyl groups excluding tert-OH is 3. The Hall–Kier alpha value is -0.710. The van der Waals surface area contributed by atoms with E-state index in [4.69, 9.17) is 14.7 Å². The van der Waals surface area contributed by atoms with Gasteiger partial charge in [-0.3, -0.25) is 5.48 Å². The molecule has 0 bridgehead atoms. The number of anilines is 1. The van der Waals surface area contributed by atoms with Gasteiger partial charge in [0.2, 0.25) is 6.29 Å². The summed E-state index contributed by atoms with van der Waals surface area (Å²) < 4.78 is 5.06. The average molecular weight is 307 g/mol. The molecule has 0 saturated carbocycles. The minimum absolute atomic E-state index is 0. The van der Waals surface area contributed by atoms with Crippen LogP contribution in [0.2, 0.25) is 0 Å². The Bertz CT molecular complexity index is 486. The van der Waals surface area contributed by atoms with Gasteiger partial charge in [0, 0.05) is 5.56 Å². The molecule has 110 valence electrons. The molecular weight excluding hydrogens is 293 g/mol. The molecule has 2 rings (SSSR count). The van der Waals surface area contributed by atoms with Crippen molar-refractivity contribution in [3.63, 3.8) is 0 Å². The third-order valence-electron chi connectivity index (χ3n) is 2.93. The molecule has 0 aromatic heterocycles. The number of para-hydroxylation sites is 1. The number of rotatable bonds is 5. The molecular formula is C12H14NNaO7. The van der Waals surface area contributed by atoms with Gasteiger partial charge in [-0.1, -0.05) is 18.2 Å². The first-order valence-corrected chi connectivity index (χ1v) is 5.89. The van der Waals surface area contributed by atoms with Gasteiger partial charge in [0.15, 0.2) is 0 Å². The van der Waals surface area contributed by atoms with Crippen molar-refractivity contribution in [2.45, 2.75) is 24.6 Å². The second-order valence-corrected chi connectivity index (χ2v) is 4.26. The number of carboxylic acid groups (broad SMARTS) is 1. The topological polar surface area (TPSA) is 131 Å². The summed E-state index contributed by atoms with van der Waals surface area (Å²) in [6, 6.07) is 5.85. The van der Waals surface area contributed by atoms with E-state index in [1.54, 1.807) is 6.07 Å². The summed E-state index contributed by atoms with van der Waals surface area (Å²) in [5.74, 6) is -1.39. The third kappa shape index (κ3) is 4.15. The Kier molecular flexibility index (Phi) is 7.04. The summed E-state index contributed by atoms with van der Waals surface area (Å²) in [5.41, 5.74) is 2.32. The van der Waals surface area contributed by atoms with Gasteiger partial charge in [-0.05, 0) is 6.07 Å². The Morgan fingerprint density at radius 3 is 2.57 bits per heavy atom. The number of benzene rings is 1. The van der Waals surface area contributed by atoms with E-state index in [0.29, 0.717) is 0 Å². The van der Waals surface area contributed by atoms with Crippen LogP contribution in [0.15, 0.2) is 24.3 Å². The molecule has 0 amide bonds. The second-order valence-electron chi connectivity index (χ2n) is 4.26. The van der Waals surface area contributed by atoms with Gasteiger partial charge in [0.1, 0.15) is 18.3 Å². The van der Waals surface area contributed by atoms with E-state index in [0.717, 1.165) is 0 Å². The van der Waals surface area contributed by atoms with Crippen LogP contribution in [0, 0.1) is 0 Å². The number of carbonyl (C=O) groups is 1. The molecule has 9 heteroatoms. The molecule has 1 aliphatic heterocycles. The predicted octanol–water partition coefficient (Wildman–Crippen LogP) is -5.16. The Morgan fingerprint density at radius 1 is 1.33 bits per heavy atom. The maximum absolute atomic E-state index is 10.9. The summed E-state index contributed by atoms with van der Waals surface area (Å²) >= 11 is 0. The zero-order valence-corrected chi connectivity index (χ0v) is 13.3. The molecule has 1 unspecified atom stereocenters. The molecule has 21 heavy (non-hydrogen) atoms. The summed E-state index contributed by atoms with van der Waals surface area (Å²) in [6.07, 6.45) is -4.86. The van der Waals surface area contributed by atoms with Crippen molar-refractivity contribution in [2.75, 3.05) is 12.1 Å². The number of nitrogens with one attached hydrogen (secondary N) is 1. The van der Waals surface area contributed by atoms with Crippen molar-refractivity contribution >= 4 is 11.7 Å². The smallest absolute Gasteiger partial charge is 0.545 e. The van der Waals surface area contributed by atoms with E-state index >= 15 is 0 Å². The predicted molar refractivity (Wildman–Crippen MR) is 63.2 cm³/mol. The maximum atomic E-state index is 10.9. The monoisotopic (exact) mass is 307 g/mol. The van der Waals surface area contributed by atoms with E-state index < -0.39 is 37.2 Å². The van der Waals surface area contributed by atoms with Gasteiger partial charge in [0.25, 0.3) is 0 Å². The van der Waals surface area contributed by atoms with Crippen LogP contribution in [-0.4, -0.2) is 52.5 Å². The van der Waals surface area contributed by atoms with Crippen molar-refractivity contribution in [2.24, 2.45) is 0 Å². The van der Waals surface area contributed by atoms with Crippen LogP contribution in [0.5, 0.6) is 0 Å².